The lowest BCUT2D eigenvalue weighted by Crippen LogP contribution is -2.53. The van der Waals surface area contributed by atoms with Crippen LogP contribution in [0.3, 0.4) is 0 Å². The van der Waals surface area contributed by atoms with Crippen LogP contribution in [0.4, 0.5) is 0 Å². The van der Waals surface area contributed by atoms with E-state index in [2.05, 4.69) is 21.3 Å². The maximum Gasteiger partial charge on any atom is 0.243 e. The van der Waals surface area contributed by atoms with E-state index in [-0.39, 0.29) is 30.7 Å². The van der Waals surface area contributed by atoms with E-state index < -0.39 is 35.4 Å². The number of amides is 4. The van der Waals surface area contributed by atoms with Crippen LogP contribution >= 0.6 is 0 Å². The second kappa shape index (κ2) is 11.6. The van der Waals surface area contributed by atoms with Gasteiger partial charge in [0.2, 0.25) is 24.1 Å². The first-order valence-electron chi connectivity index (χ1n) is 10.2. The fourth-order valence-corrected chi connectivity index (χ4v) is 2.94. The van der Waals surface area contributed by atoms with E-state index in [0.29, 0.717) is 25.9 Å². The van der Waals surface area contributed by atoms with Gasteiger partial charge in [-0.15, -0.1) is 0 Å². The molecule has 0 unspecified atom stereocenters. The van der Waals surface area contributed by atoms with Gasteiger partial charge >= 0.3 is 0 Å². The molecule has 1 rings (SSSR count). The van der Waals surface area contributed by atoms with Gasteiger partial charge in [0.05, 0.1) is 25.7 Å². The molecular formula is C20H34N4O6. The summed E-state index contributed by atoms with van der Waals surface area (Å²) in [5.74, 6) is -1.40. The molecular weight excluding hydrogens is 392 g/mol. The summed E-state index contributed by atoms with van der Waals surface area (Å²) >= 11 is 0. The van der Waals surface area contributed by atoms with Crippen LogP contribution in [0.1, 0.15) is 47.5 Å². The molecule has 1 aliphatic rings. The number of Topliss-reactive ketones (excluding diaryl/α,β-unsaturated/α-hetero) is 1. The Bertz CT molecular complexity index is 645. The minimum Gasteiger partial charge on any atom is -0.361 e. The highest BCUT2D eigenvalue weighted by atomic mass is 16.6. The second-order valence-corrected chi connectivity index (χ2v) is 8.60. The standard InChI is InChI=1S/C20H34N4O6/c1-12(2)6-14(18(28)20(5)10-30-20)23-17(27)9-22-19(29)15(7-13(3)4)24-16(26)8-21-11-25/h11-15H,6-10H2,1-5H3,(H,21,25)(H,22,29)(H,23,27)(H,24,26)/t14-,15-,20+/m0/s1. The zero-order valence-corrected chi connectivity index (χ0v) is 18.4. The molecule has 30 heavy (non-hydrogen) atoms. The summed E-state index contributed by atoms with van der Waals surface area (Å²) < 4.78 is 5.20. The molecule has 1 heterocycles. The molecule has 1 saturated heterocycles. The van der Waals surface area contributed by atoms with Crippen LogP contribution in [-0.4, -0.2) is 67.3 Å². The molecule has 0 bridgehead atoms. The third-order valence-electron chi connectivity index (χ3n) is 4.59. The second-order valence-electron chi connectivity index (χ2n) is 8.60. The lowest BCUT2D eigenvalue weighted by molar-refractivity contribution is -0.132. The van der Waals surface area contributed by atoms with Gasteiger partial charge in [0, 0.05) is 0 Å². The van der Waals surface area contributed by atoms with Gasteiger partial charge in [-0.1, -0.05) is 27.7 Å². The summed E-state index contributed by atoms with van der Waals surface area (Å²) in [7, 11) is 0. The topological polar surface area (TPSA) is 146 Å². The van der Waals surface area contributed by atoms with E-state index in [4.69, 9.17) is 4.74 Å². The summed E-state index contributed by atoms with van der Waals surface area (Å²) in [6.07, 6.45) is 1.22. The van der Waals surface area contributed by atoms with E-state index in [1.165, 1.54) is 0 Å². The smallest absolute Gasteiger partial charge is 0.243 e. The van der Waals surface area contributed by atoms with Gasteiger partial charge in [0.1, 0.15) is 11.6 Å². The van der Waals surface area contributed by atoms with Gasteiger partial charge in [-0.05, 0) is 31.6 Å². The highest BCUT2D eigenvalue weighted by Gasteiger charge is 2.50. The van der Waals surface area contributed by atoms with Crippen molar-refractivity contribution in [1.29, 1.82) is 0 Å². The molecule has 0 radical (unpaired) electrons. The number of hydrogen-bond acceptors (Lipinski definition) is 6. The molecule has 3 atom stereocenters. The average molecular weight is 427 g/mol. The van der Waals surface area contributed by atoms with E-state index in [0.717, 1.165) is 0 Å². The van der Waals surface area contributed by atoms with Crippen molar-refractivity contribution in [2.24, 2.45) is 11.8 Å². The molecule has 0 spiro atoms. The maximum atomic E-state index is 12.6. The Balaban J connectivity index is 2.62. The molecule has 0 saturated carbocycles. The van der Waals surface area contributed by atoms with E-state index in [1.54, 1.807) is 6.92 Å². The fraction of sp³-hybridized carbons (Fsp3) is 0.750. The summed E-state index contributed by atoms with van der Waals surface area (Å²) in [4.78, 5) is 59.5. The molecule has 0 aromatic carbocycles. The molecule has 10 nitrogen and oxygen atoms in total. The quantitative estimate of drug-likeness (QED) is 0.213. The summed E-state index contributed by atoms with van der Waals surface area (Å²) in [6, 6.07) is -1.53. The van der Waals surface area contributed by atoms with Gasteiger partial charge in [-0.25, -0.2) is 0 Å². The molecule has 0 aliphatic carbocycles. The highest BCUT2D eigenvalue weighted by molar-refractivity contribution is 5.97. The van der Waals surface area contributed by atoms with E-state index >= 15 is 0 Å². The highest BCUT2D eigenvalue weighted by Crippen LogP contribution is 2.29. The molecule has 4 amide bonds. The normalized spacial score (nSPS) is 19.6. The average Bonchev–Trinajstić information content (AvgIpc) is 3.40. The molecule has 10 heteroatoms. The number of nitrogens with one attached hydrogen (secondary N) is 4. The number of ketones is 1. The van der Waals surface area contributed by atoms with Crippen molar-refractivity contribution in [3.8, 4) is 0 Å². The third kappa shape index (κ3) is 8.89. The Morgan fingerprint density at radius 3 is 1.93 bits per heavy atom. The summed E-state index contributed by atoms with van der Waals surface area (Å²) in [5, 5.41) is 9.96. The van der Waals surface area contributed by atoms with Gasteiger partial charge in [0.15, 0.2) is 5.78 Å². The number of carbonyl (C=O) groups is 5. The van der Waals surface area contributed by atoms with Crippen LogP contribution in [0.25, 0.3) is 0 Å². The van der Waals surface area contributed by atoms with Crippen LogP contribution in [0.15, 0.2) is 0 Å². The third-order valence-corrected chi connectivity index (χ3v) is 4.59. The SMILES string of the molecule is CC(C)C[C@H](NC(=O)CNC=O)C(=O)NCC(=O)N[C@@H](CC(C)C)C(=O)[C@@]1(C)CO1. The summed E-state index contributed by atoms with van der Waals surface area (Å²) in [6.45, 7) is 9.14. The van der Waals surface area contributed by atoms with Crippen LogP contribution in [0.2, 0.25) is 0 Å². The zero-order chi connectivity index (χ0) is 22.9. The Morgan fingerprint density at radius 2 is 1.43 bits per heavy atom. The van der Waals surface area contributed by atoms with Crippen molar-refractivity contribution < 1.29 is 28.7 Å². The molecule has 0 aromatic heterocycles. The first-order valence-corrected chi connectivity index (χ1v) is 10.2. The minimum absolute atomic E-state index is 0.112. The Morgan fingerprint density at radius 1 is 0.933 bits per heavy atom. The predicted octanol–water partition coefficient (Wildman–Crippen LogP) is -0.732. The van der Waals surface area contributed by atoms with E-state index in [1.807, 2.05) is 27.7 Å². The van der Waals surface area contributed by atoms with Gasteiger partial charge in [-0.3, -0.25) is 24.0 Å². The van der Waals surface area contributed by atoms with Gasteiger partial charge < -0.3 is 26.0 Å². The van der Waals surface area contributed by atoms with Crippen molar-refractivity contribution in [3.63, 3.8) is 0 Å². The molecule has 170 valence electrons. The van der Waals surface area contributed by atoms with Crippen molar-refractivity contribution in [2.45, 2.75) is 65.1 Å². The summed E-state index contributed by atoms with van der Waals surface area (Å²) in [5.41, 5.74) is -0.849. The maximum absolute atomic E-state index is 12.6. The first kappa shape index (κ1) is 25.5. The van der Waals surface area contributed by atoms with Crippen molar-refractivity contribution in [3.05, 3.63) is 0 Å². The monoisotopic (exact) mass is 426 g/mol. The Hall–Kier alpha value is -2.49. The van der Waals surface area contributed by atoms with Crippen molar-refractivity contribution in [2.75, 3.05) is 19.7 Å². The molecule has 1 aliphatic heterocycles. The molecule has 4 N–H and O–H groups in total. The molecule has 1 fully saturated rings. The Labute approximate surface area is 177 Å². The lowest BCUT2D eigenvalue weighted by atomic mass is 9.93. The van der Waals surface area contributed by atoms with Gasteiger partial charge in [-0.2, -0.15) is 0 Å². The predicted molar refractivity (Wildman–Crippen MR) is 109 cm³/mol. The largest absolute Gasteiger partial charge is 0.361 e. The number of rotatable bonds is 14. The van der Waals surface area contributed by atoms with Crippen LogP contribution in [0, 0.1) is 11.8 Å². The number of carbonyl (C=O) groups excluding carboxylic acids is 5. The lowest BCUT2D eigenvalue weighted by Gasteiger charge is -2.22. The van der Waals surface area contributed by atoms with E-state index in [9.17, 15) is 24.0 Å². The van der Waals surface area contributed by atoms with Crippen LogP contribution in [-0.2, 0) is 28.7 Å². The van der Waals surface area contributed by atoms with Crippen LogP contribution in [0.5, 0.6) is 0 Å². The first-order chi connectivity index (χ1) is 14.0. The fourth-order valence-electron chi connectivity index (χ4n) is 2.94. The number of hydrogen-bond donors (Lipinski definition) is 4. The zero-order valence-electron chi connectivity index (χ0n) is 18.4. The molecule has 0 aromatic rings. The number of epoxide rings is 1. The minimum atomic E-state index is -0.849. The van der Waals surface area contributed by atoms with Crippen molar-refractivity contribution in [1.82, 2.24) is 21.3 Å². The Kier molecular flexibility index (Phi) is 9.91. The van der Waals surface area contributed by atoms with Crippen molar-refractivity contribution >= 4 is 29.9 Å². The number of ether oxygens (including phenoxy) is 1. The van der Waals surface area contributed by atoms with Gasteiger partial charge in [0.25, 0.3) is 0 Å². The van der Waals surface area contributed by atoms with Crippen LogP contribution < -0.4 is 21.3 Å².